The lowest BCUT2D eigenvalue weighted by atomic mass is 10.1. The van der Waals surface area contributed by atoms with Gasteiger partial charge in [-0.05, 0) is 25.7 Å². The average molecular weight is 328 g/mol. The van der Waals surface area contributed by atoms with Crippen LogP contribution in [0.4, 0.5) is 0 Å². The molecule has 0 unspecified atom stereocenters. The normalized spacial score (nSPS) is 13.0. The summed E-state index contributed by atoms with van der Waals surface area (Å²) < 4.78 is 0. The van der Waals surface area contributed by atoms with Crippen LogP contribution in [0.25, 0.3) is 0 Å². The molecule has 0 amide bonds. The van der Waals surface area contributed by atoms with Crippen LogP contribution in [-0.2, 0) is 4.79 Å². The zero-order valence-corrected chi connectivity index (χ0v) is 14.9. The average Bonchev–Trinajstić information content (AvgIpc) is 2.56. The maximum atomic E-state index is 10.4. The second-order valence-corrected chi connectivity index (χ2v) is 5.50. The molecule has 0 rings (SSSR count). The van der Waals surface area contributed by atoms with Crippen molar-refractivity contribution in [3.05, 3.63) is 72.9 Å². The van der Waals surface area contributed by atoms with Gasteiger partial charge in [-0.15, -0.1) is 0 Å². The van der Waals surface area contributed by atoms with Gasteiger partial charge in [-0.3, -0.25) is 4.79 Å². The molecule has 0 aromatic rings. The van der Waals surface area contributed by atoms with Crippen LogP contribution in [0.15, 0.2) is 72.9 Å². The number of allylic oxidation sites excluding steroid dienone is 12. The van der Waals surface area contributed by atoms with Crippen LogP contribution in [0, 0.1) is 0 Å². The lowest BCUT2D eigenvalue weighted by Crippen LogP contribution is -1.93. The fourth-order valence-corrected chi connectivity index (χ4v) is 1.97. The topological polar surface area (TPSA) is 37.3 Å². The Hall–Kier alpha value is -2.09. The summed E-state index contributed by atoms with van der Waals surface area (Å²) in [5.41, 5.74) is 0. The van der Waals surface area contributed by atoms with Gasteiger partial charge in [0.2, 0.25) is 0 Å². The summed E-state index contributed by atoms with van der Waals surface area (Å²) in [5, 5.41) is 8.53. The van der Waals surface area contributed by atoms with Crippen LogP contribution in [0.3, 0.4) is 0 Å². The van der Waals surface area contributed by atoms with Crippen molar-refractivity contribution in [2.75, 3.05) is 0 Å². The number of aliphatic carboxylic acids is 1. The number of carboxylic acid groups (broad SMARTS) is 1. The largest absolute Gasteiger partial charge is 0.481 e. The van der Waals surface area contributed by atoms with E-state index < -0.39 is 5.97 Å². The molecular formula is C22H32O2. The number of carboxylic acids is 1. The minimum atomic E-state index is -0.685. The van der Waals surface area contributed by atoms with Gasteiger partial charge in [0.25, 0.3) is 0 Å². The lowest BCUT2D eigenvalue weighted by molar-refractivity contribution is -0.137. The molecule has 24 heavy (non-hydrogen) atoms. The molecule has 0 aliphatic rings. The van der Waals surface area contributed by atoms with Crippen molar-refractivity contribution in [1.82, 2.24) is 0 Å². The lowest BCUT2D eigenvalue weighted by Gasteiger charge is -1.97. The van der Waals surface area contributed by atoms with E-state index in [1.54, 1.807) is 0 Å². The number of rotatable bonds is 14. The Kier molecular flexibility index (Phi) is 17.3. The van der Waals surface area contributed by atoms with Gasteiger partial charge in [0.15, 0.2) is 0 Å². The minimum absolute atomic E-state index is 0.305. The van der Waals surface area contributed by atoms with Gasteiger partial charge in [-0.25, -0.2) is 0 Å². The molecule has 0 aromatic carbocycles. The third kappa shape index (κ3) is 19.9. The molecule has 0 saturated heterocycles. The van der Waals surface area contributed by atoms with Crippen LogP contribution in [0.1, 0.15) is 58.3 Å². The van der Waals surface area contributed by atoms with E-state index in [1.807, 2.05) is 48.6 Å². The Balaban J connectivity index is 3.52. The van der Waals surface area contributed by atoms with Crippen LogP contribution in [0.5, 0.6) is 0 Å². The Bertz CT molecular complexity index is 462. The Morgan fingerprint density at radius 1 is 0.667 bits per heavy atom. The van der Waals surface area contributed by atoms with Crippen molar-refractivity contribution in [2.45, 2.75) is 58.3 Å². The summed E-state index contributed by atoms with van der Waals surface area (Å²) in [5.74, 6) is -0.685. The summed E-state index contributed by atoms with van der Waals surface area (Å²) >= 11 is 0. The van der Waals surface area contributed by atoms with E-state index in [2.05, 4.69) is 31.2 Å². The number of unbranched alkanes of at least 4 members (excludes halogenated alkanes) is 5. The number of carbonyl (C=O) groups is 1. The molecule has 132 valence electrons. The van der Waals surface area contributed by atoms with E-state index in [1.165, 1.54) is 12.8 Å². The molecule has 0 aliphatic heterocycles. The Morgan fingerprint density at radius 3 is 1.67 bits per heavy atom. The molecule has 0 aromatic heterocycles. The smallest absolute Gasteiger partial charge is 0.303 e. The summed E-state index contributed by atoms with van der Waals surface area (Å²) in [7, 11) is 0. The van der Waals surface area contributed by atoms with E-state index in [-0.39, 0.29) is 0 Å². The van der Waals surface area contributed by atoms with Gasteiger partial charge in [0.05, 0.1) is 0 Å². The highest BCUT2D eigenvalue weighted by atomic mass is 16.4. The van der Waals surface area contributed by atoms with Gasteiger partial charge in [0, 0.05) is 6.42 Å². The fourth-order valence-electron chi connectivity index (χ4n) is 1.97. The van der Waals surface area contributed by atoms with E-state index in [4.69, 9.17) is 5.11 Å². The monoisotopic (exact) mass is 328 g/mol. The Morgan fingerprint density at radius 2 is 1.12 bits per heavy atom. The summed E-state index contributed by atoms with van der Waals surface area (Å²) in [4.78, 5) is 10.4. The predicted octanol–water partition coefficient (Wildman–Crippen LogP) is 6.55. The van der Waals surface area contributed by atoms with Crippen LogP contribution in [0.2, 0.25) is 0 Å². The molecule has 0 radical (unpaired) electrons. The quantitative estimate of drug-likeness (QED) is 0.290. The third-order valence-corrected chi connectivity index (χ3v) is 3.27. The van der Waals surface area contributed by atoms with Gasteiger partial charge in [-0.2, -0.15) is 0 Å². The number of hydrogen-bond donors (Lipinski definition) is 1. The fraction of sp³-hybridized carbons (Fsp3) is 0.409. The zero-order valence-electron chi connectivity index (χ0n) is 14.9. The highest BCUT2D eigenvalue weighted by Crippen LogP contribution is 2.07. The van der Waals surface area contributed by atoms with Gasteiger partial charge in [0.1, 0.15) is 0 Å². The second-order valence-electron chi connectivity index (χ2n) is 5.50. The first-order valence-electron chi connectivity index (χ1n) is 8.97. The first kappa shape index (κ1) is 21.9. The van der Waals surface area contributed by atoms with Crippen LogP contribution >= 0.6 is 0 Å². The predicted molar refractivity (Wildman–Crippen MR) is 105 cm³/mol. The van der Waals surface area contributed by atoms with Crippen molar-refractivity contribution in [1.29, 1.82) is 0 Å². The van der Waals surface area contributed by atoms with E-state index in [0.717, 1.165) is 32.1 Å². The van der Waals surface area contributed by atoms with Crippen LogP contribution < -0.4 is 0 Å². The molecule has 0 fully saturated rings. The maximum Gasteiger partial charge on any atom is 0.303 e. The minimum Gasteiger partial charge on any atom is -0.481 e. The highest BCUT2D eigenvalue weighted by molar-refractivity contribution is 5.66. The van der Waals surface area contributed by atoms with Crippen molar-refractivity contribution in [3.8, 4) is 0 Å². The molecular weight excluding hydrogens is 296 g/mol. The van der Waals surface area contributed by atoms with Crippen LogP contribution in [-0.4, -0.2) is 11.1 Å². The Labute approximate surface area is 147 Å². The maximum absolute atomic E-state index is 10.4. The van der Waals surface area contributed by atoms with E-state index in [9.17, 15) is 4.79 Å². The van der Waals surface area contributed by atoms with Gasteiger partial charge < -0.3 is 5.11 Å². The summed E-state index contributed by atoms with van der Waals surface area (Å²) in [6.07, 6.45) is 32.4. The molecule has 0 aliphatic carbocycles. The molecule has 0 spiro atoms. The molecule has 0 saturated carbocycles. The molecule has 2 heteroatoms. The number of hydrogen-bond acceptors (Lipinski definition) is 1. The zero-order chi connectivity index (χ0) is 17.7. The summed E-state index contributed by atoms with van der Waals surface area (Å²) in [6, 6.07) is 0. The molecule has 0 bridgehead atoms. The van der Waals surface area contributed by atoms with E-state index in [0.29, 0.717) is 6.42 Å². The molecule has 0 atom stereocenters. The van der Waals surface area contributed by atoms with Crippen molar-refractivity contribution >= 4 is 5.97 Å². The standard InChI is InChI=1S/C22H32O2/c1-2-3-4-5-6-7-8-9-10-11-12-13-14-15-16-17-18-19-20-21-22(23)24/h3-14H,2,15-21H2,1H3,(H,23,24)/b4-3+,6-5+,8-7+,10-9+,12-11+,14-13+. The van der Waals surface area contributed by atoms with Crippen molar-refractivity contribution < 1.29 is 9.90 Å². The molecule has 0 heterocycles. The van der Waals surface area contributed by atoms with Gasteiger partial charge >= 0.3 is 5.97 Å². The summed E-state index contributed by atoms with van der Waals surface area (Å²) in [6.45, 7) is 2.12. The van der Waals surface area contributed by atoms with Gasteiger partial charge in [-0.1, -0.05) is 99.1 Å². The molecule has 2 nitrogen and oxygen atoms in total. The molecule has 1 N–H and O–H groups in total. The first-order valence-corrected chi connectivity index (χ1v) is 8.97. The van der Waals surface area contributed by atoms with Crippen molar-refractivity contribution in [3.63, 3.8) is 0 Å². The van der Waals surface area contributed by atoms with E-state index >= 15 is 0 Å². The third-order valence-electron chi connectivity index (χ3n) is 3.27. The van der Waals surface area contributed by atoms with Crippen molar-refractivity contribution in [2.24, 2.45) is 0 Å². The SMILES string of the molecule is CC/C=C/C=C/C=C/C=C/C=C/C=C/CCCCCCCC(=O)O. The first-order chi connectivity index (χ1) is 11.8. The second kappa shape index (κ2) is 19.0. The highest BCUT2D eigenvalue weighted by Gasteiger charge is 1.95.